The normalized spacial score (nSPS) is 16.0. The summed E-state index contributed by atoms with van der Waals surface area (Å²) in [4.78, 5) is 21.5. The van der Waals surface area contributed by atoms with Gasteiger partial charge in [-0.2, -0.15) is 0 Å². The van der Waals surface area contributed by atoms with Crippen LogP contribution in [0.5, 0.6) is 0 Å². The van der Waals surface area contributed by atoms with E-state index in [0.29, 0.717) is 5.57 Å². The molecule has 82 valence electrons. The number of carboxylic acid groups (broad SMARTS) is 1. The molecular formula is C11H14O4. The van der Waals surface area contributed by atoms with E-state index in [4.69, 9.17) is 9.84 Å². The molecule has 1 saturated carbocycles. The lowest BCUT2D eigenvalue weighted by Gasteiger charge is -2.25. The SMILES string of the molecule is C=C(CC=CC(=O)O)C(=O)OC1CCC1. The van der Waals surface area contributed by atoms with E-state index < -0.39 is 11.9 Å². The molecule has 1 fully saturated rings. The van der Waals surface area contributed by atoms with Crippen LogP contribution in [0.25, 0.3) is 0 Å². The third-order valence-electron chi connectivity index (χ3n) is 2.24. The van der Waals surface area contributed by atoms with Crippen LogP contribution < -0.4 is 0 Å². The zero-order valence-corrected chi connectivity index (χ0v) is 8.44. The maximum absolute atomic E-state index is 11.3. The van der Waals surface area contributed by atoms with Gasteiger partial charge in [0.1, 0.15) is 6.10 Å². The molecule has 1 aliphatic rings. The molecule has 4 nitrogen and oxygen atoms in total. The van der Waals surface area contributed by atoms with Gasteiger partial charge in [-0.05, 0) is 25.7 Å². The molecule has 0 spiro atoms. The van der Waals surface area contributed by atoms with Gasteiger partial charge in [0.2, 0.25) is 0 Å². The Hall–Kier alpha value is -1.58. The summed E-state index contributed by atoms with van der Waals surface area (Å²) in [7, 11) is 0. The van der Waals surface area contributed by atoms with E-state index >= 15 is 0 Å². The number of esters is 1. The van der Waals surface area contributed by atoms with Crippen LogP contribution in [0.2, 0.25) is 0 Å². The highest BCUT2D eigenvalue weighted by molar-refractivity contribution is 5.88. The van der Waals surface area contributed by atoms with Crippen LogP contribution in [-0.2, 0) is 14.3 Å². The Labute approximate surface area is 88.2 Å². The molecule has 0 amide bonds. The van der Waals surface area contributed by atoms with Gasteiger partial charge in [0.15, 0.2) is 0 Å². The average Bonchev–Trinajstić information content (AvgIpc) is 2.10. The number of rotatable bonds is 5. The molecule has 15 heavy (non-hydrogen) atoms. The molecule has 0 aliphatic heterocycles. The van der Waals surface area contributed by atoms with Crippen LogP contribution in [0.15, 0.2) is 24.3 Å². The Morgan fingerprint density at radius 3 is 2.60 bits per heavy atom. The van der Waals surface area contributed by atoms with Gasteiger partial charge in [0.25, 0.3) is 0 Å². The topological polar surface area (TPSA) is 63.6 Å². The summed E-state index contributed by atoms with van der Waals surface area (Å²) in [5, 5.41) is 8.32. The van der Waals surface area contributed by atoms with Gasteiger partial charge >= 0.3 is 11.9 Å². The minimum Gasteiger partial charge on any atom is -0.478 e. The summed E-state index contributed by atoms with van der Waals surface area (Å²) >= 11 is 0. The highest BCUT2D eigenvalue weighted by Gasteiger charge is 2.22. The maximum Gasteiger partial charge on any atom is 0.333 e. The Bertz CT molecular complexity index is 300. The Morgan fingerprint density at radius 1 is 1.47 bits per heavy atom. The minimum absolute atomic E-state index is 0.0395. The van der Waals surface area contributed by atoms with Crippen molar-refractivity contribution in [2.45, 2.75) is 31.8 Å². The molecule has 0 aromatic heterocycles. The molecule has 0 bridgehead atoms. The molecule has 0 heterocycles. The number of allylic oxidation sites excluding steroid dienone is 1. The summed E-state index contributed by atoms with van der Waals surface area (Å²) in [6.07, 6.45) is 5.57. The summed E-state index contributed by atoms with van der Waals surface area (Å²) in [6, 6.07) is 0. The zero-order chi connectivity index (χ0) is 11.3. The van der Waals surface area contributed by atoms with Crippen molar-refractivity contribution in [2.75, 3.05) is 0 Å². The fraction of sp³-hybridized carbons (Fsp3) is 0.455. The summed E-state index contributed by atoms with van der Waals surface area (Å²) in [5.74, 6) is -1.45. The van der Waals surface area contributed by atoms with Crippen LogP contribution >= 0.6 is 0 Å². The van der Waals surface area contributed by atoms with E-state index in [9.17, 15) is 9.59 Å². The van der Waals surface area contributed by atoms with Crippen molar-refractivity contribution in [1.29, 1.82) is 0 Å². The van der Waals surface area contributed by atoms with E-state index in [-0.39, 0.29) is 12.5 Å². The van der Waals surface area contributed by atoms with Crippen molar-refractivity contribution in [3.05, 3.63) is 24.3 Å². The van der Waals surface area contributed by atoms with Crippen LogP contribution in [0, 0.1) is 0 Å². The second-order valence-electron chi connectivity index (χ2n) is 3.51. The minimum atomic E-state index is -1.03. The maximum atomic E-state index is 11.3. The zero-order valence-electron chi connectivity index (χ0n) is 8.44. The molecule has 4 heteroatoms. The van der Waals surface area contributed by atoms with E-state index in [0.717, 1.165) is 25.3 Å². The standard InChI is InChI=1S/C11H14O4/c1-8(4-2-7-10(12)13)11(14)15-9-5-3-6-9/h2,7,9H,1,3-6H2,(H,12,13). The van der Waals surface area contributed by atoms with Crippen LogP contribution in [0.3, 0.4) is 0 Å². The summed E-state index contributed by atoms with van der Waals surface area (Å²) in [5.41, 5.74) is 0.291. The number of hydrogen-bond donors (Lipinski definition) is 1. The van der Waals surface area contributed by atoms with Crippen molar-refractivity contribution in [2.24, 2.45) is 0 Å². The summed E-state index contributed by atoms with van der Waals surface area (Å²) < 4.78 is 5.09. The third kappa shape index (κ3) is 3.97. The third-order valence-corrected chi connectivity index (χ3v) is 2.24. The average molecular weight is 210 g/mol. The van der Waals surface area contributed by atoms with E-state index in [1.807, 2.05) is 0 Å². The molecule has 0 aromatic rings. The van der Waals surface area contributed by atoms with Gasteiger partial charge in [0, 0.05) is 11.6 Å². The monoisotopic (exact) mass is 210 g/mol. The largest absolute Gasteiger partial charge is 0.478 e. The second-order valence-corrected chi connectivity index (χ2v) is 3.51. The number of carbonyl (C=O) groups excluding carboxylic acids is 1. The number of aliphatic carboxylic acids is 1. The Kier molecular flexibility index (Phi) is 4.09. The quantitative estimate of drug-likeness (QED) is 0.553. The predicted molar refractivity (Wildman–Crippen MR) is 54.3 cm³/mol. The predicted octanol–water partition coefficient (Wildman–Crippen LogP) is 1.67. The lowest BCUT2D eigenvalue weighted by Crippen LogP contribution is -2.25. The van der Waals surface area contributed by atoms with E-state index in [1.165, 1.54) is 6.08 Å². The molecule has 0 unspecified atom stereocenters. The molecule has 0 atom stereocenters. The fourth-order valence-electron chi connectivity index (χ4n) is 1.11. The lowest BCUT2D eigenvalue weighted by atomic mass is 9.96. The van der Waals surface area contributed by atoms with Gasteiger partial charge in [-0.15, -0.1) is 0 Å². The first-order valence-electron chi connectivity index (χ1n) is 4.88. The first-order valence-corrected chi connectivity index (χ1v) is 4.88. The Morgan fingerprint density at radius 2 is 2.13 bits per heavy atom. The molecule has 1 rings (SSSR count). The van der Waals surface area contributed by atoms with Crippen molar-refractivity contribution in [1.82, 2.24) is 0 Å². The number of ether oxygens (including phenoxy) is 1. The highest BCUT2D eigenvalue weighted by Crippen LogP contribution is 2.23. The van der Waals surface area contributed by atoms with Gasteiger partial charge in [-0.1, -0.05) is 12.7 Å². The fourth-order valence-corrected chi connectivity index (χ4v) is 1.11. The van der Waals surface area contributed by atoms with E-state index in [2.05, 4.69) is 6.58 Å². The second kappa shape index (κ2) is 5.34. The smallest absolute Gasteiger partial charge is 0.333 e. The number of carboxylic acids is 1. The first kappa shape index (κ1) is 11.5. The molecule has 0 saturated heterocycles. The lowest BCUT2D eigenvalue weighted by molar-refractivity contribution is -0.148. The van der Waals surface area contributed by atoms with Crippen LogP contribution in [0.1, 0.15) is 25.7 Å². The molecule has 1 N–H and O–H groups in total. The van der Waals surface area contributed by atoms with Crippen molar-refractivity contribution < 1.29 is 19.4 Å². The van der Waals surface area contributed by atoms with Crippen molar-refractivity contribution in [3.8, 4) is 0 Å². The molecule has 1 aliphatic carbocycles. The van der Waals surface area contributed by atoms with Gasteiger partial charge < -0.3 is 9.84 Å². The number of hydrogen-bond acceptors (Lipinski definition) is 3. The van der Waals surface area contributed by atoms with Gasteiger partial charge in [0.05, 0.1) is 0 Å². The molecular weight excluding hydrogens is 196 g/mol. The van der Waals surface area contributed by atoms with Gasteiger partial charge in [-0.25, -0.2) is 9.59 Å². The van der Waals surface area contributed by atoms with Crippen molar-refractivity contribution >= 4 is 11.9 Å². The first-order chi connectivity index (χ1) is 7.09. The molecule has 0 radical (unpaired) electrons. The van der Waals surface area contributed by atoms with Crippen molar-refractivity contribution in [3.63, 3.8) is 0 Å². The number of carbonyl (C=O) groups is 2. The molecule has 0 aromatic carbocycles. The van der Waals surface area contributed by atoms with Crippen LogP contribution in [-0.4, -0.2) is 23.1 Å². The highest BCUT2D eigenvalue weighted by atomic mass is 16.5. The van der Waals surface area contributed by atoms with Gasteiger partial charge in [-0.3, -0.25) is 0 Å². The Balaban J connectivity index is 2.26. The summed E-state index contributed by atoms with van der Waals surface area (Å²) in [6.45, 7) is 3.54. The van der Waals surface area contributed by atoms with E-state index in [1.54, 1.807) is 0 Å². The van der Waals surface area contributed by atoms with Crippen LogP contribution in [0.4, 0.5) is 0 Å².